The smallest absolute Gasteiger partial charge is 0.356 e. The standard InChI is InChI=1S/C21H33NO5SSi/c1-8-10-26-20(24)16-17(14-9-11-25-12-14)28-19-15(18(23)22(16)19)13(2)27-29(6,7)21(3,4)5/h8,13-15,19H,1,9-12H2,2-7H3/t13-,14+,15+,19-/m1/s1. The molecule has 29 heavy (non-hydrogen) atoms. The van der Waals surface area contributed by atoms with Crippen molar-refractivity contribution in [3.05, 3.63) is 23.3 Å². The highest BCUT2D eigenvalue weighted by Crippen LogP contribution is 2.54. The molecule has 0 aromatic rings. The Kier molecular flexibility index (Phi) is 6.39. The van der Waals surface area contributed by atoms with Crippen LogP contribution in [0.4, 0.5) is 0 Å². The van der Waals surface area contributed by atoms with Gasteiger partial charge in [0.15, 0.2) is 8.32 Å². The molecule has 0 saturated carbocycles. The first kappa shape index (κ1) is 22.6. The number of β-lactam (4-membered cyclic amide) rings is 1. The van der Waals surface area contributed by atoms with Crippen LogP contribution in [0.1, 0.15) is 34.1 Å². The number of carbonyl (C=O) groups is 2. The molecule has 0 aliphatic carbocycles. The maximum atomic E-state index is 13.1. The minimum Gasteiger partial charge on any atom is -0.457 e. The molecule has 162 valence electrons. The number of esters is 1. The fraction of sp³-hybridized carbons (Fsp3) is 0.714. The zero-order valence-electron chi connectivity index (χ0n) is 18.3. The molecule has 0 aromatic heterocycles. The molecule has 8 heteroatoms. The van der Waals surface area contributed by atoms with E-state index in [9.17, 15) is 9.59 Å². The Bertz CT molecular complexity index is 723. The van der Waals surface area contributed by atoms with Gasteiger partial charge in [0.1, 0.15) is 17.7 Å². The van der Waals surface area contributed by atoms with E-state index in [1.807, 2.05) is 6.92 Å². The molecule has 3 aliphatic rings. The third kappa shape index (κ3) is 4.09. The van der Waals surface area contributed by atoms with Gasteiger partial charge in [-0.05, 0) is 31.5 Å². The van der Waals surface area contributed by atoms with E-state index >= 15 is 0 Å². The highest BCUT2D eigenvalue weighted by Gasteiger charge is 2.60. The summed E-state index contributed by atoms with van der Waals surface area (Å²) < 4.78 is 17.3. The number of nitrogens with zero attached hydrogens (tertiary/aromatic N) is 1. The average molecular weight is 440 g/mol. The van der Waals surface area contributed by atoms with Gasteiger partial charge in [0.2, 0.25) is 5.91 Å². The third-order valence-electron chi connectivity index (χ3n) is 6.42. The number of rotatable bonds is 7. The van der Waals surface area contributed by atoms with Gasteiger partial charge in [-0.1, -0.05) is 33.4 Å². The van der Waals surface area contributed by atoms with Crippen molar-refractivity contribution in [2.75, 3.05) is 19.8 Å². The van der Waals surface area contributed by atoms with Crippen LogP contribution in [0.2, 0.25) is 18.1 Å². The average Bonchev–Trinajstić information content (AvgIpc) is 3.23. The normalized spacial score (nSPS) is 28.3. The Labute approximate surface area is 179 Å². The van der Waals surface area contributed by atoms with Crippen molar-refractivity contribution in [3.63, 3.8) is 0 Å². The number of hydrogen-bond acceptors (Lipinski definition) is 6. The Hall–Kier alpha value is -1.09. The van der Waals surface area contributed by atoms with Gasteiger partial charge in [-0.15, -0.1) is 11.8 Å². The van der Waals surface area contributed by atoms with E-state index in [2.05, 4.69) is 40.4 Å². The molecule has 0 unspecified atom stereocenters. The number of carbonyl (C=O) groups excluding carboxylic acids is 2. The van der Waals surface area contributed by atoms with Crippen molar-refractivity contribution in [2.24, 2.45) is 11.8 Å². The highest BCUT2D eigenvalue weighted by atomic mass is 32.2. The lowest BCUT2D eigenvalue weighted by atomic mass is 9.91. The summed E-state index contributed by atoms with van der Waals surface area (Å²) in [5.74, 6) is -0.613. The van der Waals surface area contributed by atoms with Gasteiger partial charge in [0, 0.05) is 17.4 Å². The first-order chi connectivity index (χ1) is 13.5. The van der Waals surface area contributed by atoms with E-state index in [0.717, 1.165) is 11.3 Å². The molecule has 3 aliphatic heterocycles. The molecule has 1 amide bonds. The van der Waals surface area contributed by atoms with Gasteiger partial charge in [-0.2, -0.15) is 0 Å². The van der Waals surface area contributed by atoms with Crippen LogP contribution in [0.25, 0.3) is 0 Å². The molecule has 0 bridgehead atoms. The Morgan fingerprint density at radius 2 is 2.14 bits per heavy atom. The largest absolute Gasteiger partial charge is 0.457 e. The van der Waals surface area contributed by atoms with Crippen molar-refractivity contribution >= 4 is 32.0 Å². The number of ether oxygens (including phenoxy) is 2. The number of thioether (sulfide) groups is 1. The van der Waals surface area contributed by atoms with Gasteiger partial charge in [-0.3, -0.25) is 9.69 Å². The van der Waals surface area contributed by atoms with Crippen molar-refractivity contribution in [2.45, 2.75) is 63.7 Å². The highest BCUT2D eigenvalue weighted by molar-refractivity contribution is 8.04. The maximum absolute atomic E-state index is 13.1. The van der Waals surface area contributed by atoms with Gasteiger partial charge in [0.05, 0.1) is 18.6 Å². The molecule has 2 saturated heterocycles. The predicted octanol–water partition coefficient (Wildman–Crippen LogP) is 3.91. The van der Waals surface area contributed by atoms with Gasteiger partial charge in [-0.25, -0.2) is 4.79 Å². The molecule has 0 N–H and O–H groups in total. The van der Waals surface area contributed by atoms with E-state index < -0.39 is 14.3 Å². The summed E-state index contributed by atoms with van der Waals surface area (Å²) in [6.45, 7) is 17.9. The van der Waals surface area contributed by atoms with Crippen LogP contribution in [0.3, 0.4) is 0 Å². The molecular weight excluding hydrogens is 406 g/mol. The van der Waals surface area contributed by atoms with Crippen molar-refractivity contribution in [1.29, 1.82) is 0 Å². The zero-order chi connectivity index (χ0) is 21.6. The maximum Gasteiger partial charge on any atom is 0.356 e. The Morgan fingerprint density at radius 1 is 1.45 bits per heavy atom. The van der Waals surface area contributed by atoms with Gasteiger partial charge < -0.3 is 13.9 Å². The van der Waals surface area contributed by atoms with E-state index in [1.54, 1.807) is 16.7 Å². The quantitative estimate of drug-likeness (QED) is 0.259. The number of fused-ring (bicyclic) bond motifs is 1. The SMILES string of the molecule is C=CCOC(=O)C1=C([C@H]2CCOC2)S[C@@H]2[C@@H]([C@@H](C)O[Si](C)(C)C(C)(C)C)C(=O)N12. The summed E-state index contributed by atoms with van der Waals surface area (Å²) in [6.07, 6.45) is 2.20. The van der Waals surface area contributed by atoms with Crippen molar-refractivity contribution < 1.29 is 23.5 Å². The van der Waals surface area contributed by atoms with Crippen LogP contribution < -0.4 is 0 Å². The molecule has 0 radical (unpaired) electrons. The van der Waals surface area contributed by atoms with Crippen LogP contribution in [0, 0.1) is 11.8 Å². The second-order valence-electron chi connectivity index (χ2n) is 9.49. The van der Waals surface area contributed by atoms with Gasteiger partial charge >= 0.3 is 5.97 Å². The monoisotopic (exact) mass is 439 g/mol. The van der Waals surface area contributed by atoms with Crippen LogP contribution in [0.5, 0.6) is 0 Å². The summed E-state index contributed by atoms with van der Waals surface area (Å²) in [6, 6.07) is 0. The number of amides is 1. The lowest BCUT2D eigenvalue weighted by Gasteiger charge is -2.48. The van der Waals surface area contributed by atoms with E-state index in [1.165, 1.54) is 6.08 Å². The van der Waals surface area contributed by atoms with Crippen LogP contribution in [-0.4, -0.2) is 56.4 Å². The van der Waals surface area contributed by atoms with E-state index in [-0.39, 0.29) is 40.9 Å². The second kappa shape index (κ2) is 8.21. The summed E-state index contributed by atoms with van der Waals surface area (Å²) in [5.41, 5.74) is 0.401. The summed E-state index contributed by atoms with van der Waals surface area (Å²) in [4.78, 5) is 28.4. The first-order valence-electron chi connectivity index (χ1n) is 10.3. The Balaban J connectivity index is 1.80. The lowest BCUT2D eigenvalue weighted by Crippen LogP contribution is -2.62. The summed E-state index contributed by atoms with van der Waals surface area (Å²) >= 11 is 1.61. The van der Waals surface area contributed by atoms with Crippen molar-refractivity contribution in [1.82, 2.24) is 4.90 Å². The minimum absolute atomic E-state index is 0.0480. The number of hydrogen-bond donors (Lipinski definition) is 0. The molecule has 3 heterocycles. The predicted molar refractivity (Wildman–Crippen MR) is 117 cm³/mol. The van der Waals surface area contributed by atoms with Gasteiger partial charge in [0.25, 0.3) is 0 Å². The van der Waals surface area contributed by atoms with Crippen LogP contribution in [-0.2, 0) is 23.5 Å². The molecule has 6 nitrogen and oxygen atoms in total. The summed E-state index contributed by atoms with van der Waals surface area (Å²) in [5, 5.41) is -0.0370. The fourth-order valence-electron chi connectivity index (χ4n) is 3.73. The topological polar surface area (TPSA) is 65.1 Å². The Morgan fingerprint density at radius 3 is 2.69 bits per heavy atom. The van der Waals surface area contributed by atoms with E-state index in [0.29, 0.717) is 18.9 Å². The molecule has 2 fully saturated rings. The van der Waals surface area contributed by atoms with E-state index in [4.69, 9.17) is 13.9 Å². The molecule has 0 spiro atoms. The van der Waals surface area contributed by atoms with Crippen LogP contribution >= 0.6 is 11.8 Å². The molecular formula is C21H33NO5SSi. The van der Waals surface area contributed by atoms with Crippen molar-refractivity contribution in [3.8, 4) is 0 Å². The molecule has 4 atom stereocenters. The first-order valence-corrected chi connectivity index (χ1v) is 14.1. The zero-order valence-corrected chi connectivity index (χ0v) is 20.1. The molecule has 3 rings (SSSR count). The lowest BCUT2D eigenvalue weighted by molar-refractivity contribution is -0.157. The van der Waals surface area contributed by atoms with Crippen LogP contribution in [0.15, 0.2) is 23.3 Å². The minimum atomic E-state index is -2.00. The second-order valence-corrected chi connectivity index (χ2v) is 15.4. The molecule has 0 aromatic carbocycles. The summed E-state index contributed by atoms with van der Waals surface area (Å²) in [7, 11) is -2.00. The fourth-order valence-corrected chi connectivity index (χ4v) is 6.90. The third-order valence-corrected chi connectivity index (χ3v) is 12.5.